The Labute approximate surface area is 107 Å². The SMILES string of the molecule is CC(=O)c1cc(C(=O)NCC(C)(C)CO)n(C)c1. The minimum absolute atomic E-state index is 0.000880. The standard InChI is InChI=1S/C13H20N2O3/c1-9(17)10-5-11(15(4)6-10)12(18)14-7-13(2,3)8-16/h5-6,16H,7-8H2,1-4H3,(H,14,18). The number of ketones is 1. The van der Waals surface area contributed by atoms with E-state index >= 15 is 0 Å². The van der Waals surface area contributed by atoms with Gasteiger partial charge in [-0.1, -0.05) is 13.8 Å². The highest BCUT2D eigenvalue weighted by Crippen LogP contribution is 2.13. The van der Waals surface area contributed by atoms with Crippen LogP contribution in [0.3, 0.4) is 0 Å². The molecule has 1 aromatic heterocycles. The molecular weight excluding hydrogens is 232 g/mol. The van der Waals surface area contributed by atoms with Crippen molar-refractivity contribution in [2.75, 3.05) is 13.2 Å². The van der Waals surface area contributed by atoms with Crippen molar-refractivity contribution in [1.29, 1.82) is 0 Å². The molecule has 0 aliphatic rings. The first-order chi connectivity index (χ1) is 8.26. The van der Waals surface area contributed by atoms with E-state index in [1.165, 1.54) is 6.92 Å². The number of aliphatic hydroxyl groups excluding tert-OH is 1. The third-order valence-corrected chi connectivity index (χ3v) is 2.80. The second-order valence-corrected chi connectivity index (χ2v) is 5.29. The van der Waals surface area contributed by atoms with Gasteiger partial charge in [-0.05, 0) is 13.0 Å². The summed E-state index contributed by atoms with van der Waals surface area (Å²) in [5.74, 6) is -0.313. The van der Waals surface area contributed by atoms with Gasteiger partial charge in [0.1, 0.15) is 5.69 Å². The number of carbonyl (C=O) groups excluding carboxylic acids is 2. The highest BCUT2D eigenvalue weighted by atomic mass is 16.3. The summed E-state index contributed by atoms with van der Waals surface area (Å²) in [7, 11) is 1.72. The molecule has 0 spiro atoms. The molecule has 0 aliphatic carbocycles. The predicted octanol–water partition coefficient (Wildman–Crippen LogP) is 0.976. The first-order valence-corrected chi connectivity index (χ1v) is 5.83. The summed E-state index contributed by atoms with van der Waals surface area (Å²) in [6, 6.07) is 1.57. The molecule has 0 atom stereocenters. The van der Waals surface area contributed by atoms with Gasteiger partial charge in [0.15, 0.2) is 5.78 Å². The van der Waals surface area contributed by atoms with Crippen LogP contribution in [0.1, 0.15) is 41.6 Å². The number of aromatic nitrogens is 1. The Kier molecular flexibility index (Phi) is 4.29. The van der Waals surface area contributed by atoms with Crippen LogP contribution in [-0.2, 0) is 7.05 Å². The molecule has 0 fully saturated rings. The Morgan fingerprint density at radius 1 is 1.44 bits per heavy atom. The quantitative estimate of drug-likeness (QED) is 0.767. The molecule has 1 rings (SSSR count). The molecule has 100 valence electrons. The number of amides is 1. The lowest BCUT2D eigenvalue weighted by atomic mass is 9.95. The zero-order valence-corrected chi connectivity index (χ0v) is 11.3. The van der Waals surface area contributed by atoms with Crippen molar-refractivity contribution < 1.29 is 14.7 Å². The molecular formula is C13H20N2O3. The zero-order valence-electron chi connectivity index (χ0n) is 11.3. The summed E-state index contributed by atoms with van der Waals surface area (Å²) >= 11 is 0. The van der Waals surface area contributed by atoms with Gasteiger partial charge in [-0.15, -0.1) is 0 Å². The van der Waals surface area contributed by atoms with Gasteiger partial charge in [-0.2, -0.15) is 0 Å². The lowest BCUT2D eigenvalue weighted by molar-refractivity contribution is 0.0903. The Bertz CT molecular complexity index is 461. The maximum Gasteiger partial charge on any atom is 0.267 e. The molecule has 0 aliphatic heterocycles. The van der Waals surface area contributed by atoms with Gasteiger partial charge in [0.05, 0.1) is 0 Å². The van der Waals surface area contributed by atoms with Crippen LogP contribution >= 0.6 is 0 Å². The molecule has 5 nitrogen and oxygen atoms in total. The van der Waals surface area contributed by atoms with Gasteiger partial charge in [0.2, 0.25) is 0 Å². The van der Waals surface area contributed by atoms with Gasteiger partial charge in [-0.25, -0.2) is 0 Å². The van der Waals surface area contributed by atoms with E-state index in [1.54, 1.807) is 23.9 Å². The number of nitrogens with zero attached hydrogens (tertiary/aromatic N) is 1. The Hall–Kier alpha value is -1.62. The molecule has 0 bridgehead atoms. The summed E-state index contributed by atoms with van der Waals surface area (Å²) in [6.45, 7) is 5.56. The number of hydrogen-bond donors (Lipinski definition) is 2. The number of carbonyl (C=O) groups is 2. The van der Waals surface area contributed by atoms with Crippen LogP contribution in [0, 0.1) is 5.41 Å². The summed E-state index contributed by atoms with van der Waals surface area (Å²) in [5, 5.41) is 11.9. The highest BCUT2D eigenvalue weighted by molar-refractivity contribution is 5.99. The molecule has 1 amide bonds. The maximum absolute atomic E-state index is 11.9. The van der Waals surface area contributed by atoms with Gasteiger partial charge >= 0.3 is 0 Å². The van der Waals surface area contributed by atoms with Crippen LogP contribution < -0.4 is 5.32 Å². The Balaban J connectivity index is 2.76. The molecule has 0 saturated carbocycles. The summed E-state index contributed by atoms with van der Waals surface area (Å²) in [5.41, 5.74) is 0.600. The summed E-state index contributed by atoms with van der Waals surface area (Å²) < 4.78 is 1.62. The normalized spacial score (nSPS) is 11.4. The van der Waals surface area contributed by atoms with E-state index in [9.17, 15) is 9.59 Å². The molecule has 1 aromatic rings. The molecule has 0 radical (unpaired) electrons. The lowest BCUT2D eigenvalue weighted by Gasteiger charge is -2.21. The van der Waals surface area contributed by atoms with Crippen LogP contribution in [0.15, 0.2) is 12.3 Å². The number of rotatable bonds is 5. The molecule has 2 N–H and O–H groups in total. The lowest BCUT2D eigenvalue weighted by Crippen LogP contribution is -2.36. The van der Waals surface area contributed by atoms with E-state index in [1.807, 2.05) is 13.8 Å². The van der Waals surface area contributed by atoms with E-state index in [0.29, 0.717) is 17.8 Å². The number of hydrogen-bond acceptors (Lipinski definition) is 3. The van der Waals surface area contributed by atoms with Crippen molar-refractivity contribution in [2.45, 2.75) is 20.8 Å². The van der Waals surface area contributed by atoms with Gasteiger partial charge in [-0.3, -0.25) is 9.59 Å². The van der Waals surface area contributed by atoms with Gasteiger partial charge in [0.25, 0.3) is 5.91 Å². The zero-order chi connectivity index (χ0) is 13.9. The van der Waals surface area contributed by atoms with Crippen molar-refractivity contribution in [2.24, 2.45) is 12.5 Å². The number of aliphatic hydroxyl groups is 1. The van der Waals surface area contributed by atoms with Gasteiger partial charge in [0, 0.05) is 37.4 Å². The second kappa shape index (κ2) is 5.35. The van der Waals surface area contributed by atoms with Crippen molar-refractivity contribution in [3.8, 4) is 0 Å². The fraction of sp³-hybridized carbons (Fsp3) is 0.538. The maximum atomic E-state index is 11.9. The fourth-order valence-corrected chi connectivity index (χ4v) is 1.45. The van der Waals surface area contributed by atoms with Crippen molar-refractivity contribution in [3.63, 3.8) is 0 Å². The van der Waals surface area contributed by atoms with Crippen molar-refractivity contribution in [3.05, 3.63) is 23.5 Å². The summed E-state index contributed by atoms with van der Waals surface area (Å²) in [6.07, 6.45) is 1.63. The third kappa shape index (κ3) is 3.43. The molecule has 1 heterocycles. The van der Waals surface area contributed by atoms with Crippen molar-refractivity contribution in [1.82, 2.24) is 9.88 Å². The van der Waals surface area contributed by atoms with Crippen LogP contribution in [0.2, 0.25) is 0 Å². The minimum atomic E-state index is -0.357. The highest BCUT2D eigenvalue weighted by Gasteiger charge is 2.19. The van der Waals surface area contributed by atoms with E-state index in [2.05, 4.69) is 5.32 Å². The van der Waals surface area contributed by atoms with E-state index in [4.69, 9.17) is 5.11 Å². The van der Waals surface area contributed by atoms with Gasteiger partial charge < -0.3 is 15.0 Å². The Morgan fingerprint density at radius 2 is 2.06 bits per heavy atom. The topological polar surface area (TPSA) is 71.3 Å². The summed E-state index contributed by atoms with van der Waals surface area (Å²) in [4.78, 5) is 23.2. The molecule has 0 unspecified atom stereocenters. The molecule has 0 aromatic carbocycles. The van der Waals surface area contributed by atoms with Crippen LogP contribution in [0.5, 0.6) is 0 Å². The minimum Gasteiger partial charge on any atom is -0.396 e. The van der Waals surface area contributed by atoms with E-state index in [-0.39, 0.29) is 23.7 Å². The molecule has 18 heavy (non-hydrogen) atoms. The second-order valence-electron chi connectivity index (χ2n) is 5.29. The molecule has 0 saturated heterocycles. The third-order valence-electron chi connectivity index (χ3n) is 2.80. The Morgan fingerprint density at radius 3 is 2.50 bits per heavy atom. The van der Waals surface area contributed by atoms with E-state index in [0.717, 1.165) is 0 Å². The number of aryl methyl sites for hydroxylation is 1. The van der Waals surface area contributed by atoms with Crippen LogP contribution in [0.4, 0.5) is 0 Å². The average Bonchev–Trinajstić information content (AvgIpc) is 2.69. The van der Waals surface area contributed by atoms with Crippen molar-refractivity contribution >= 4 is 11.7 Å². The molecule has 5 heteroatoms. The average molecular weight is 252 g/mol. The smallest absolute Gasteiger partial charge is 0.267 e. The van der Waals surface area contributed by atoms with Crippen LogP contribution in [-0.4, -0.2) is 34.5 Å². The van der Waals surface area contributed by atoms with E-state index < -0.39 is 0 Å². The number of Topliss-reactive ketones (excluding diaryl/α,β-unsaturated/α-hetero) is 1. The first kappa shape index (κ1) is 14.4. The largest absolute Gasteiger partial charge is 0.396 e. The predicted molar refractivity (Wildman–Crippen MR) is 68.6 cm³/mol. The fourth-order valence-electron chi connectivity index (χ4n) is 1.45. The van der Waals surface area contributed by atoms with Crippen LogP contribution in [0.25, 0.3) is 0 Å². The monoisotopic (exact) mass is 252 g/mol. The first-order valence-electron chi connectivity index (χ1n) is 5.83. The number of nitrogens with one attached hydrogen (secondary N) is 1.